The smallest absolute Gasteiger partial charge is 0.343 e. The number of hydrogen-bond donors (Lipinski definition) is 0. The molecule has 3 aromatic carbocycles. The van der Waals surface area contributed by atoms with E-state index < -0.39 is 20.9 Å². The van der Waals surface area contributed by atoms with Crippen molar-refractivity contribution in [2.75, 3.05) is 11.4 Å². The van der Waals surface area contributed by atoms with Gasteiger partial charge in [0.2, 0.25) is 0 Å². The van der Waals surface area contributed by atoms with Crippen molar-refractivity contribution in [2.45, 2.75) is 4.90 Å². The number of nitrogens with zero attached hydrogens (tertiary/aromatic N) is 2. The second-order valence-electron chi connectivity index (χ2n) is 5.98. The summed E-state index contributed by atoms with van der Waals surface area (Å²) in [5.74, 6) is -0.740. The van der Waals surface area contributed by atoms with Crippen LogP contribution < -0.4 is 9.04 Å². The number of anilines is 1. The molecule has 3 rings (SSSR count). The third-order valence-electron chi connectivity index (χ3n) is 4.11. The van der Waals surface area contributed by atoms with Crippen molar-refractivity contribution in [1.29, 1.82) is 0 Å². The maximum absolute atomic E-state index is 12.8. The first-order valence-corrected chi connectivity index (χ1v) is 9.84. The van der Waals surface area contributed by atoms with Gasteiger partial charge in [-0.3, -0.25) is 14.4 Å². The molecular formula is C20H16N2O6S. The third kappa shape index (κ3) is 4.41. The average molecular weight is 412 g/mol. The van der Waals surface area contributed by atoms with Crippen molar-refractivity contribution >= 4 is 27.4 Å². The van der Waals surface area contributed by atoms with Crippen LogP contribution in [0.1, 0.15) is 10.4 Å². The lowest BCUT2D eigenvalue weighted by Crippen LogP contribution is -2.26. The lowest BCUT2D eigenvalue weighted by Gasteiger charge is -2.19. The van der Waals surface area contributed by atoms with E-state index in [-0.39, 0.29) is 21.9 Å². The summed E-state index contributed by atoms with van der Waals surface area (Å²) >= 11 is 0. The van der Waals surface area contributed by atoms with Crippen molar-refractivity contribution in [1.82, 2.24) is 0 Å². The summed E-state index contributed by atoms with van der Waals surface area (Å²) in [7, 11) is -2.36. The minimum Gasteiger partial charge on any atom is -0.423 e. The maximum Gasteiger partial charge on any atom is 0.343 e. The summed E-state index contributed by atoms with van der Waals surface area (Å²) < 4.78 is 31.8. The quantitative estimate of drug-likeness (QED) is 0.265. The van der Waals surface area contributed by atoms with Crippen LogP contribution in [-0.2, 0) is 10.0 Å². The highest BCUT2D eigenvalue weighted by Gasteiger charge is 2.22. The molecule has 148 valence electrons. The van der Waals surface area contributed by atoms with Crippen LogP contribution in [-0.4, -0.2) is 26.4 Å². The molecule has 0 amide bonds. The fourth-order valence-electron chi connectivity index (χ4n) is 2.52. The monoisotopic (exact) mass is 412 g/mol. The largest absolute Gasteiger partial charge is 0.423 e. The van der Waals surface area contributed by atoms with Crippen LogP contribution in [0.15, 0.2) is 83.8 Å². The fourth-order valence-corrected chi connectivity index (χ4v) is 3.72. The highest BCUT2D eigenvalue weighted by Crippen LogP contribution is 2.23. The number of ether oxygens (including phenoxy) is 1. The van der Waals surface area contributed by atoms with Crippen LogP contribution in [0.4, 0.5) is 11.4 Å². The Balaban J connectivity index is 1.78. The van der Waals surface area contributed by atoms with Gasteiger partial charge in [0.15, 0.2) is 0 Å². The summed E-state index contributed by atoms with van der Waals surface area (Å²) in [5, 5.41) is 10.8. The van der Waals surface area contributed by atoms with Gasteiger partial charge < -0.3 is 4.74 Å². The molecule has 0 radical (unpaired) electrons. The molecule has 0 unspecified atom stereocenters. The summed E-state index contributed by atoms with van der Waals surface area (Å²) in [4.78, 5) is 22.5. The van der Waals surface area contributed by atoms with E-state index in [0.717, 1.165) is 10.4 Å². The van der Waals surface area contributed by atoms with Crippen LogP contribution in [0.3, 0.4) is 0 Å². The van der Waals surface area contributed by atoms with E-state index in [1.807, 2.05) is 0 Å². The number of hydrogen-bond acceptors (Lipinski definition) is 6. The molecule has 0 aliphatic carbocycles. The molecule has 0 aliphatic rings. The standard InChI is InChI=1S/C20H16N2O6S/c1-21(16-6-3-2-4-7-16)29(26,27)19-12-10-15(11-13-19)20(23)28-18-9-5-8-17(14-18)22(24)25/h2-14H,1H3. The van der Waals surface area contributed by atoms with Gasteiger partial charge in [0.05, 0.1) is 27.1 Å². The van der Waals surface area contributed by atoms with Crippen LogP contribution in [0, 0.1) is 10.1 Å². The number of nitro groups is 1. The second kappa shape index (κ2) is 8.11. The predicted molar refractivity (Wildman–Crippen MR) is 107 cm³/mol. The van der Waals surface area contributed by atoms with Gasteiger partial charge in [-0.05, 0) is 42.5 Å². The molecule has 0 fully saturated rings. The number of para-hydroxylation sites is 1. The van der Waals surface area contributed by atoms with Gasteiger partial charge in [0.25, 0.3) is 15.7 Å². The van der Waals surface area contributed by atoms with Gasteiger partial charge in [-0.15, -0.1) is 0 Å². The predicted octanol–water partition coefficient (Wildman–Crippen LogP) is 3.64. The number of nitro benzene ring substituents is 1. The highest BCUT2D eigenvalue weighted by atomic mass is 32.2. The van der Waals surface area contributed by atoms with Crippen LogP contribution >= 0.6 is 0 Å². The molecule has 9 heteroatoms. The maximum atomic E-state index is 12.8. The SMILES string of the molecule is CN(c1ccccc1)S(=O)(=O)c1ccc(C(=O)Oc2cccc([N+](=O)[O-])c2)cc1. The van der Waals surface area contributed by atoms with Gasteiger partial charge in [-0.1, -0.05) is 24.3 Å². The number of benzene rings is 3. The minimum absolute atomic E-state index is 0.00996. The van der Waals surface area contributed by atoms with Crippen LogP contribution in [0.2, 0.25) is 0 Å². The zero-order chi connectivity index (χ0) is 21.0. The molecule has 0 aromatic heterocycles. The number of rotatable bonds is 6. The Morgan fingerprint density at radius 1 is 0.966 bits per heavy atom. The second-order valence-corrected chi connectivity index (χ2v) is 7.95. The molecule has 0 aliphatic heterocycles. The Morgan fingerprint density at radius 3 is 2.24 bits per heavy atom. The van der Waals surface area contributed by atoms with E-state index in [1.165, 1.54) is 49.5 Å². The molecule has 3 aromatic rings. The molecule has 0 bridgehead atoms. The van der Waals surface area contributed by atoms with Crippen molar-refractivity contribution < 1.29 is 22.9 Å². The van der Waals surface area contributed by atoms with Crippen molar-refractivity contribution in [2.24, 2.45) is 0 Å². The topological polar surface area (TPSA) is 107 Å². The van der Waals surface area contributed by atoms with E-state index in [0.29, 0.717) is 5.69 Å². The van der Waals surface area contributed by atoms with Crippen LogP contribution in [0.5, 0.6) is 5.75 Å². The van der Waals surface area contributed by atoms with E-state index in [9.17, 15) is 23.3 Å². The zero-order valence-corrected chi connectivity index (χ0v) is 16.1. The molecule has 0 N–H and O–H groups in total. The minimum atomic E-state index is -3.80. The molecule has 0 heterocycles. The molecular weight excluding hydrogens is 396 g/mol. The summed E-state index contributed by atoms with van der Waals surface area (Å²) in [6, 6.07) is 19.1. The normalized spacial score (nSPS) is 10.9. The average Bonchev–Trinajstić information content (AvgIpc) is 2.74. The van der Waals surface area contributed by atoms with Gasteiger partial charge in [0.1, 0.15) is 5.75 Å². The molecule has 0 saturated heterocycles. The van der Waals surface area contributed by atoms with Crippen molar-refractivity contribution in [3.8, 4) is 5.75 Å². The molecule has 8 nitrogen and oxygen atoms in total. The summed E-state index contributed by atoms with van der Waals surface area (Å²) in [6.45, 7) is 0. The Morgan fingerprint density at radius 2 is 1.62 bits per heavy atom. The lowest BCUT2D eigenvalue weighted by atomic mass is 10.2. The Hall–Kier alpha value is -3.72. The third-order valence-corrected chi connectivity index (χ3v) is 5.91. The molecule has 0 spiro atoms. The Kier molecular flexibility index (Phi) is 5.60. The highest BCUT2D eigenvalue weighted by molar-refractivity contribution is 7.92. The number of esters is 1. The summed E-state index contributed by atoms with van der Waals surface area (Å²) in [6.07, 6.45) is 0. The zero-order valence-electron chi connectivity index (χ0n) is 15.3. The van der Waals surface area contributed by atoms with E-state index >= 15 is 0 Å². The molecule has 29 heavy (non-hydrogen) atoms. The van der Waals surface area contributed by atoms with Crippen LogP contribution in [0.25, 0.3) is 0 Å². The first-order valence-electron chi connectivity index (χ1n) is 8.40. The van der Waals surface area contributed by atoms with Gasteiger partial charge in [0, 0.05) is 13.1 Å². The first kappa shape index (κ1) is 20.0. The van der Waals surface area contributed by atoms with Gasteiger partial charge >= 0.3 is 5.97 Å². The number of carbonyl (C=O) groups excluding carboxylic acids is 1. The van der Waals surface area contributed by atoms with Crippen molar-refractivity contribution in [3.05, 3.63) is 94.5 Å². The van der Waals surface area contributed by atoms with E-state index in [4.69, 9.17) is 4.74 Å². The Labute approximate surface area is 167 Å². The lowest BCUT2D eigenvalue weighted by molar-refractivity contribution is -0.384. The molecule has 0 saturated carbocycles. The Bertz CT molecular complexity index is 1150. The number of sulfonamides is 1. The van der Waals surface area contributed by atoms with E-state index in [2.05, 4.69) is 0 Å². The van der Waals surface area contributed by atoms with Crippen molar-refractivity contribution in [3.63, 3.8) is 0 Å². The first-order chi connectivity index (χ1) is 13.8. The van der Waals surface area contributed by atoms with Gasteiger partial charge in [-0.25, -0.2) is 13.2 Å². The van der Waals surface area contributed by atoms with E-state index in [1.54, 1.807) is 30.3 Å². The fraction of sp³-hybridized carbons (Fsp3) is 0.0500. The number of non-ortho nitro benzene ring substituents is 1. The number of carbonyl (C=O) groups is 1. The summed E-state index contributed by atoms with van der Waals surface area (Å²) in [5.41, 5.74) is 0.403. The van der Waals surface area contributed by atoms with Gasteiger partial charge in [-0.2, -0.15) is 0 Å². The molecule has 0 atom stereocenters.